The van der Waals surface area contributed by atoms with E-state index in [0.29, 0.717) is 0 Å². The third-order valence-electron chi connectivity index (χ3n) is 3.67. The maximum atomic E-state index is 5.30. The van der Waals surface area contributed by atoms with Crippen molar-refractivity contribution in [2.24, 2.45) is 0 Å². The molecule has 84 valence electrons. The van der Waals surface area contributed by atoms with Gasteiger partial charge in [0.2, 0.25) is 0 Å². The molecule has 1 rings (SSSR count). The fourth-order valence-corrected chi connectivity index (χ4v) is 6.39. The maximum Gasteiger partial charge on any atom is 0.118 e. The first-order valence-corrected chi connectivity index (χ1v) is 12.9. The van der Waals surface area contributed by atoms with E-state index < -0.39 is 15.2 Å². The van der Waals surface area contributed by atoms with Crippen LogP contribution in [0.15, 0.2) is 24.3 Å². The third-order valence-corrected chi connectivity index (χ3v) is 21.3. The normalized spacial score (nSPS) is 12.7. The van der Waals surface area contributed by atoms with Crippen molar-refractivity contribution in [3.63, 3.8) is 0 Å². The lowest BCUT2D eigenvalue weighted by Crippen LogP contribution is -2.61. The Labute approximate surface area is 95.3 Å². The average Bonchev–Trinajstić information content (AvgIpc) is 2.16. The zero-order chi connectivity index (χ0) is 11.7. The second kappa shape index (κ2) is 4.14. The molecule has 0 spiro atoms. The highest BCUT2D eigenvalue weighted by Crippen LogP contribution is 2.20. The largest absolute Gasteiger partial charge is 0.497 e. The fraction of sp³-hybridized carbons (Fsp3) is 0.500. The van der Waals surface area contributed by atoms with Gasteiger partial charge in [0.05, 0.1) is 14.7 Å². The van der Waals surface area contributed by atoms with Gasteiger partial charge >= 0.3 is 0 Å². The van der Waals surface area contributed by atoms with Gasteiger partial charge in [-0.1, -0.05) is 50.1 Å². The lowest BCUT2D eigenvalue weighted by atomic mass is 10.3. The maximum absolute atomic E-state index is 5.30. The van der Waals surface area contributed by atoms with Gasteiger partial charge in [-0.15, -0.1) is 0 Å². The molecule has 0 amide bonds. The summed E-state index contributed by atoms with van der Waals surface area (Å²) >= 11 is 0. The van der Waals surface area contributed by atoms with Gasteiger partial charge in [-0.2, -0.15) is 0 Å². The zero-order valence-corrected chi connectivity index (χ0v) is 12.7. The van der Waals surface area contributed by atoms with Crippen LogP contribution < -0.4 is 9.92 Å². The highest BCUT2D eigenvalue weighted by molar-refractivity contribution is 7.45. The minimum atomic E-state index is -1.27. The molecule has 0 aliphatic carbocycles. The van der Waals surface area contributed by atoms with Crippen molar-refractivity contribution in [3.8, 4) is 5.75 Å². The van der Waals surface area contributed by atoms with Crippen LogP contribution >= 0.6 is 0 Å². The van der Waals surface area contributed by atoms with Crippen LogP contribution in [0.4, 0.5) is 0 Å². The number of hydrogen-bond donors (Lipinski definition) is 0. The van der Waals surface area contributed by atoms with Crippen LogP contribution in [0.2, 0.25) is 32.7 Å². The molecule has 0 bridgehead atoms. The summed E-state index contributed by atoms with van der Waals surface area (Å²) in [6.45, 7) is 12.4. The monoisotopic (exact) mass is 238 g/mol. The Morgan fingerprint density at radius 2 is 1.60 bits per heavy atom. The van der Waals surface area contributed by atoms with Gasteiger partial charge in [0, 0.05) is 7.59 Å². The summed E-state index contributed by atoms with van der Waals surface area (Å²) in [5, 5.41) is 1.53. The van der Waals surface area contributed by atoms with Crippen molar-refractivity contribution in [2.75, 3.05) is 7.11 Å². The molecule has 0 unspecified atom stereocenters. The Kier molecular flexibility index (Phi) is 3.46. The molecule has 0 saturated heterocycles. The summed E-state index contributed by atoms with van der Waals surface area (Å²) in [7, 11) is -0.610. The molecule has 1 aromatic carbocycles. The Morgan fingerprint density at radius 3 is 2.07 bits per heavy atom. The van der Waals surface area contributed by atoms with Gasteiger partial charge in [-0.3, -0.25) is 0 Å². The van der Waals surface area contributed by atoms with E-state index in [1.807, 2.05) is 6.07 Å². The predicted molar refractivity (Wildman–Crippen MR) is 73.5 cm³/mol. The predicted octanol–water partition coefficient (Wildman–Crippen LogP) is 3.03. The first-order valence-electron chi connectivity index (χ1n) is 5.43. The highest BCUT2D eigenvalue weighted by atomic mass is 29.3. The third kappa shape index (κ3) is 2.52. The molecular weight excluding hydrogens is 216 g/mol. The molecular formula is C12H22OSi2. The van der Waals surface area contributed by atoms with Crippen molar-refractivity contribution in [1.29, 1.82) is 0 Å². The summed E-state index contributed by atoms with van der Waals surface area (Å²) in [6, 6.07) is 8.64. The van der Waals surface area contributed by atoms with Crippen LogP contribution in [-0.4, -0.2) is 22.3 Å². The average molecular weight is 238 g/mol. The van der Waals surface area contributed by atoms with Crippen LogP contribution in [0, 0.1) is 0 Å². The van der Waals surface area contributed by atoms with Gasteiger partial charge in [0.25, 0.3) is 0 Å². The minimum absolute atomic E-state index is 0.992. The van der Waals surface area contributed by atoms with Gasteiger partial charge in [-0.25, -0.2) is 0 Å². The van der Waals surface area contributed by atoms with Crippen LogP contribution in [-0.2, 0) is 0 Å². The number of rotatable bonds is 3. The molecule has 0 radical (unpaired) electrons. The van der Waals surface area contributed by atoms with Crippen LogP contribution in [0.1, 0.15) is 0 Å². The smallest absolute Gasteiger partial charge is 0.118 e. The van der Waals surface area contributed by atoms with E-state index >= 15 is 0 Å². The van der Waals surface area contributed by atoms with Crippen LogP contribution in [0.5, 0.6) is 5.75 Å². The second-order valence-corrected chi connectivity index (χ2v) is 22.2. The van der Waals surface area contributed by atoms with E-state index in [4.69, 9.17) is 4.74 Å². The summed E-state index contributed by atoms with van der Waals surface area (Å²) in [4.78, 5) is 0. The van der Waals surface area contributed by atoms with E-state index in [1.165, 1.54) is 5.19 Å². The van der Waals surface area contributed by atoms with E-state index in [0.717, 1.165) is 5.75 Å². The topological polar surface area (TPSA) is 9.23 Å². The molecule has 0 aliphatic heterocycles. The Bertz CT molecular complexity index is 340. The fourth-order valence-electron chi connectivity index (χ4n) is 1.44. The Morgan fingerprint density at radius 1 is 1.00 bits per heavy atom. The lowest BCUT2D eigenvalue weighted by molar-refractivity contribution is 0.415. The minimum Gasteiger partial charge on any atom is -0.497 e. The van der Waals surface area contributed by atoms with Crippen molar-refractivity contribution in [1.82, 2.24) is 0 Å². The van der Waals surface area contributed by atoms with Gasteiger partial charge in [-0.05, 0) is 12.1 Å². The van der Waals surface area contributed by atoms with E-state index in [1.54, 1.807) is 7.11 Å². The molecule has 3 heteroatoms. The first kappa shape index (κ1) is 12.5. The molecule has 1 aromatic rings. The van der Waals surface area contributed by atoms with E-state index in [-0.39, 0.29) is 0 Å². The Balaban J connectivity index is 3.15. The summed E-state index contributed by atoms with van der Waals surface area (Å²) in [5.41, 5.74) is 0. The number of hydrogen-bond acceptors (Lipinski definition) is 1. The van der Waals surface area contributed by atoms with Gasteiger partial charge in [0.1, 0.15) is 5.75 Å². The first-order chi connectivity index (χ1) is 6.79. The van der Waals surface area contributed by atoms with E-state index in [2.05, 4.69) is 50.9 Å². The molecule has 1 nitrogen and oxygen atoms in total. The molecule has 0 saturated carbocycles. The highest BCUT2D eigenvalue weighted by Gasteiger charge is 2.38. The van der Waals surface area contributed by atoms with Crippen molar-refractivity contribution < 1.29 is 4.74 Å². The standard InChI is InChI=1S/C12H22OSi2/c1-13-11-8-7-9-12(10-11)15(5,6)14(2,3)4/h7-10H,1-6H3. The van der Waals surface area contributed by atoms with Gasteiger partial charge in [0.15, 0.2) is 0 Å². The number of methoxy groups -OCH3 is 1. The van der Waals surface area contributed by atoms with Crippen molar-refractivity contribution >= 4 is 20.4 Å². The van der Waals surface area contributed by atoms with Crippen LogP contribution in [0.3, 0.4) is 0 Å². The molecule has 0 fully saturated rings. The molecule has 15 heavy (non-hydrogen) atoms. The number of benzene rings is 1. The summed E-state index contributed by atoms with van der Waals surface area (Å²) in [6.07, 6.45) is 0. The van der Waals surface area contributed by atoms with Gasteiger partial charge < -0.3 is 4.74 Å². The zero-order valence-electron chi connectivity index (χ0n) is 10.7. The quantitative estimate of drug-likeness (QED) is 0.736. The van der Waals surface area contributed by atoms with Crippen molar-refractivity contribution in [3.05, 3.63) is 24.3 Å². The SMILES string of the molecule is COc1cccc([Si](C)(C)[Si](C)(C)C)c1. The van der Waals surface area contributed by atoms with E-state index in [9.17, 15) is 0 Å². The lowest BCUT2D eigenvalue weighted by Gasteiger charge is -2.35. The van der Waals surface area contributed by atoms with Crippen molar-refractivity contribution in [2.45, 2.75) is 32.7 Å². The molecule has 0 atom stereocenters. The molecule has 0 aliphatic rings. The Hall–Kier alpha value is -0.546. The molecule has 0 heterocycles. The second-order valence-electron chi connectivity index (χ2n) is 5.61. The number of ether oxygens (including phenoxy) is 1. The summed E-state index contributed by atoms with van der Waals surface area (Å²) in [5.74, 6) is 0.992. The summed E-state index contributed by atoms with van der Waals surface area (Å²) < 4.78 is 5.30. The molecule has 0 aromatic heterocycles. The molecule has 0 N–H and O–H groups in total. The van der Waals surface area contributed by atoms with Crippen LogP contribution in [0.25, 0.3) is 0 Å².